The Kier molecular flexibility index (Phi) is 6.89. The Bertz CT molecular complexity index is 1090. The molecule has 0 aromatic heterocycles. The molecule has 192 valence electrons. The molecule has 3 saturated heterocycles. The third kappa shape index (κ3) is 5.63. The van der Waals surface area contributed by atoms with Gasteiger partial charge in [0.25, 0.3) is 0 Å². The summed E-state index contributed by atoms with van der Waals surface area (Å²) in [5.74, 6) is -2.11. The lowest BCUT2D eigenvalue weighted by Crippen LogP contribution is -2.45. The topological polar surface area (TPSA) is 84.5 Å². The number of fused-ring (bicyclic) bond motifs is 1. The lowest BCUT2D eigenvalue weighted by molar-refractivity contribution is -0.234. The minimum atomic E-state index is -0.848. The first kappa shape index (κ1) is 24.9. The summed E-state index contributed by atoms with van der Waals surface area (Å²) in [7, 11) is 0. The lowest BCUT2D eigenvalue weighted by atomic mass is 10.1. The predicted molar refractivity (Wildman–Crippen MR) is 131 cm³/mol. The number of hydrogen-bond acceptors (Lipinski definition) is 8. The average molecular weight is 496 g/mol. The third-order valence-electron chi connectivity index (χ3n) is 6.35. The van der Waals surface area contributed by atoms with Gasteiger partial charge in [0.05, 0.1) is 6.61 Å². The van der Waals surface area contributed by atoms with Crippen LogP contribution in [-0.4, -0.2) is 54.9 Å². The van der Waals surface area contributed by atoms with Gasteiger partial charge in [-0.15, -0.1) is 0 Å². The molecule has 2 aromatic rings. The van der Waals surface area contributed by atoms with E-state index in [2.05, 4.69) is 5.32 Å². The molecule has 36 heavy (non-hydrogen) atoms. The number of hydrogen-bond donors (Lipinski definition) is 1. The predicted octanol–water partition coefficient (Wildman–Crippen LogP) is 3.76. The molecule has 2 aromatic carbocycles. The first-order valence-electron chi connectivity index (χ1n) is 12.3. The van der Waals surface area contributed by atoms with E-state index in [0.29, 0.717) is 18.8 Å². The van der Waals surface area contributed by atoms with Crippen molar-refractivity contribution >= 4 is 11.7 Å². The van der Waals surface area contributed by atoms with Crippen LogP contribution in [0, 0.1) is 0 Å². The highest BCUT2D eigenvalue weighted by Crippen LogP contribution is 2.42. The van der Waals surface area contributed by atoms with Crippen molar-refractivity contribution in [1.82, 2.24) is 5.32 Å². The SMILES string of the molecule is CC1(C)O[C@@H]2O[C@H]([C@H]3COC(C)(C)O3)[C@H](OC(=O)/C=C(/NCc3ccccc3)c3ccccc3)[C@H]2O1. The molecule has 3 heterocycles. The molecule has 5 rings (SSSR count). The van der Waals surface area contributed by atoms with E-state index in [-0.39, 0.29) is 0 Å². The number of rotatable bonds is 7. The molecule has 8 nitrogen and oxygen atoms in total. The summed E-state index contributed by atoms with van der Waals surface area (Å²) < 4.78 is 35.9. The van der Waals surface area contributed by atoms with Crippen LogP contribution in [0.2, 0.25) is 0 Å². The van der Waals surface area contributed by atoms with Gasteiger partial charge < -0.3 is 33.7 Å². The minimum Gasteiger partial charge on any atom is -0.453 e. The molecule has 0 unspecified atom stereocenters. The highest BCUT2D eigenvalue weighted by Gasteiger charge is 2.60. The van der Waals surface area contributed by atoms with Crippen molar-refractivity contribution in [2.45, 2.75) is 76.5 Å². The summed E-state index contributed by atoms with van der Waals surface area (Å²) in [6.07, 6.45) is -1.51. The van der Waals surface area contributed by atoms with Gasteiger partial charge in [-0.3, -0.25) is 0 Å². The fraction of sp³-hybridized carbons (Fsp3) is 0.464. The summed E-state index contributed by atoms with van der Waals surface area (Å²) in [6.45, 7) is 8.17. The second-order valence-corrected chi connectivity index (χ2v) is 10.1. The van der Waals surface area contributed by atoms with E-state index < -0.39 is 48.2 Å². The van der Waals surface area contributed by atoms with Gasteiger partial charge in [0.1, 0.15) is 12.2 Å². The molecular weight excluding hydrogens is 462 g/mol. The van der Waals surface area contributed by atoms with Crippen molar-refractivity contribution in [2.75, 3.05) is 6.61 Å². The molecule has 0 aliphatic carbocycles. The number of nitrogens with one attached hydrogen (secondary N) is 1. The van der Waals surface area contributed by atoms with Gasteiger partial charge in [0.2, 0.25) is 0 Å². The van der Waals surface area contributed by atoms with Gasteiger partial charge in [0.15, 0.2) is 30.1 Å². The molecule has 0 spiro atoms. The van der Waals surface area contributed by atoms with Crippen LogP contribution in [0.1, 0.15) is 38.8 Å². The summed E-state index contributed by atoms with van der Waals surface area (Å²) in [5.41, 5.74) is 2.62. The van der Waals surface area contributed by atoms with Crippen molar-refractivity contribution in [3.05, 3.63) is 77.9 Å². The van der Waals surface area contributed by atoms with Gasteiger partial charge in [-0.1, -0.05) is 60.7 Å². The van der Waals surface area contributed by atoms with Crippen LogP contribution < -0.4 is 5.32 Å². The Labute approximate surface area is 211 Å². The fourth-order valence-electron chi connectivity index (χ4n) is 4.75. The lowest BCUT2D eigenvalue weighted by Gasteiger charge is -2.28. The molecule has 0 radical (unpaired) electrons. The maximum atomic E-state index is 13.3. The molecule has 8 heteroatoms. The van der Waals surface area contributed by atoms with Gasteiger partial charge in [-0.2, -0.15) is 0 Å². The van der Waals surface area contributed by atoms with Crippen molar-refractivity contribution in [1.29, 1.82) is 0 Å². The molecule has 1 N–H and O–H groups in total. The van der Waals surface area contributed by atoms with Crippen molar-refractivity contribution in [3.8, 4) is 0 Å². The summed E-state index contributed by atoms with van der Waals surface area (Å²) in [5, 5.41) is 3.37. The van der Waals surface area contributed by atoms with Gasteiger partial charge in [-0.25, -0.2) is 4.79 Å². The van der Waals surface area contributed by atoms with Gasteiger partial charge >= 0.3 is 5.97 Å². The van der Waals surface area contributed by atoms with Gasteiger partial charge in [0, 0.05) is 18.3 Å². The molecule has 0 saturated carbocycles. The van der Waals surface area contributed by atoms with Crippen LogP contribution in [0.3, 0.4) is 0 Å². The second kappa shape index (κ2) is 9.95. The van der Waals surface area contributed by atoms with Crippen LogP contribution in [0.25, 0.3) is 5.70 Å². The van der Waals surface area contributed by atoms with E-state index in [1.165, 1.54) is 6.08 Å². The van der Waals surface area contributed by atoms with Crippen molar-refractivity contribution in [2.24, 2.45) is 0 Å². The monoisotopic (exact) mass is 495 g/mol. The normalized spacial score (nSPS) is 30.7. The zero-order chi connectivity index (χ0) is 25.3. The third-order valence-corrected chi connectivity index (χ3v) is 6.35. The van der Waals surface area contributed by atoms with E-state index in [4.69, 9.17) is 28.4 Å². The largest absolute Gasteiger partial charge is 0.453 e. The van der Waals surface area contributed by atoms with E-state index in [9.17, 15) is 4.79 Å². The Morgan fingerprint density at radius 2 is 1.64 bits per heavy atom. The van der Waals surface area contributed by atoms with E-state index in [0.717, 1.165) is 11.1 Å². The van der Waals surface area contributed by atoms with Crippen LogP contribution in [0.5, 0.6) is 0 Å². The maximum Gasteiger partial charge on any atom is 0.333 e. The number of ether oxygens (including phenoxy) is 6. The van der Waals surface area contributed by atoms with Crippen molar-refractivity contribution in [3.63, 3.8) is 0 Å². The van der Waals surface area contributed by atoms with E-state index >= 15 is 0 Å². The molecule has 3 aliphatic heterocycles. The standard InChI is InChI=1S/C28H33NO7/c1-27(2)31-17-21(34-27)23-24(25-26(33-23)36-28(3,4)35-25)32-22(30)15-20(19-13-9-6-10-14-19)29-16-18-11-7-5-8-12-18/h5-15,21,23-26,29H,16-17H2,1-4H3/b20-15+/t21-,23-,24+,25-,26+/m1/s1. The van der Waals surface area contributed by atoms with Crippen LogP contribution in [0.4, 0.5) is 0 Å². The zero-order valence-corrected chi connectivity index (χ0v) is 21.0. The minimum absolute atomic E-state index is 0.318. The van der Waals surface area contributed by atoms with Crippen molar-refractivity contribution < 1.29 is 33.2 Å². The average Bonchev–Trinajstić information content (AvgIpc) is 3.47. The molecule has 0 amide bonds. The summed E-state index contributed by atoms with van der Waals surface area (Å²) in [4.78, 5) is 13.3. The molecular formula is C28H33NO7. The Balaban J connectivity index is 1.36. The van der Waals surface area contributed by atoms with E-state index in [1.54, 1.807) is 0 Å². The second-order valence-electron chi connectivity index (χ2n) is 10.1. The Morgan fingerprint density at radius 1 is 0.944 bits per heavy atom. The van der Waals surface area contributed by atoms with Crippen LogP contribution in [-0.2, 0) is 39.8 Å². The maximum absolute atomic E-state index is 13.3. The summed E-state index contributed by atoms with van der Waals surface area (Å²) >= 11 is 0. The Morgan fingerprint density at radius 3 is 2.31 bits per heavy atom. The summed E-state index contributed by atoms with van der Waals surface area (Å²) in [6, 6.07) is 19.7. The molecule has 5 atom stereocenters. The highest BCUT2D eigenvalue weighted by molar-refractivity contribution is 5.91. The molecule has 3 fully saturated rings. The van der Waals surface area contributed by atoms with E-state index in [1.807, 2.05) is 88.4 Å². The molecule has 3 aliphatic rings. The van der Waals surface area contributed by atoms with Crippen LogP contribution in [0.15, 0.2) is 66.7 Å². The molecule has 0 bridgehead atoms. The number of esters is 1. The smallest absolute Gasteiger partial charge is 0.333 e. The van der Waals surface area contributed by atoms with Crippen LogP contribution >= 0.6 is 0 Å². The fourth-order valence-corrected chi connectivity index (χ4v) is 4.75. The first-order valence-corrected chi connectivity index (χ1v) is 12.3. The number of carbonyl (C=O) groups is 1. The highest BCUT2D eigenvalue weighted by atomic mass is 16.8. The first-order chi connectivity index (χ1) is 17.2. The number of carbonyl (C=O) groups excluding carboxylic acids is 1. The Hall–Kier alpha value is -2.75. The zero-order valence-electron chi connectivity index (χ0n) is 21.0. The number of benzene rings is 2. The van der Waals surface area contributed by atoms with Gasteiger partial charge in [-0.05, 0) is 38.8 Å². The quantitative estimate of drug-likeness (QED) is 0.459.